The zero-order valence-electron chi connectivity index (χ0n) is 11.7. The number of hydrogen-bond acceptors (Lipinski definition) is 3. The molecule has 0 amide bonds. The number of nitrogens with zero attached hydrogens (tertiary/aromatic N) is 1. The molecule has 0 bridgehead atoms. The van der Waals surface area contributed by atoms with Gasteiger partial charge in [-0.05, 0) is 24.3 Å². The van der Waals surface area contributed by atoms with Crippen LogP contribution in [0.5, 0.6) is 0 Å². The number of carboxylic acids is 1. The first-order valence-electron chi connectivity index (χ1n) is 6.63. The molecule has 120 valence electrons. The number of carboxylic acid groups (broad SMARTS) is 1. The number of hydrogen-bond donors (Lipinski definition) is 2. The minimum Gasteiger partial charge on any atom is -0.480 e. The van der Waals surface area contributed by atoms with Gasteiger partial charge < -0.3 is 9.52 Å². The Hall–Kier alpha value is -2.09. The summed E-state index contributed by atoms with van der Waals surface area (Å²) in [6.07, 6.45) is 0. The van der Waals surface area contributed by atoms with E-state index in [-0.39, 0.29) is 11.6 Å². The summed E-state index contributed by atoms with van der Waals surface area (Å²) in [6, 6.07) is 10.8. The lowest BCUT2D eigenvalue weighted by molar-refractivity contribution is -0.137. The Labute approximate surface area is 138 Å². The first-order chi connectivity index (χ1) is 11.0. The highest BCUT2D eigenvalue weighted by Gasteiger charge is 2.29. The number of fused-ring (bicyclic) bond motifs is 3. The molecule has 2 unspecified atom stereocenters. The number of rotatable bonds is 5. The lowest BCUT2D eigenvalue weighted by atomic mass is 10.1. The maximum atomic E-state index is 11.6. The Balaban J connectivity index is 2.18. The molecule has 0 saturated heterocycles. The summed E-state index contributed by atoms with van der Waals surface area (Å²) >= 11 is 3.12. The second-order valence-electron chi connectivity index (χ2n) is 4.84. The van der Waals surface area contributed by atoms with Crippen LogP contribution in [0.3, 0.4) is 0 Å². The number of halogens is 1. The highest BCUT2D eigenvalue weighted by atomic mass is 35.5. The largest absolute Gasteiger partial charge is 0.480 e. The van der Waals surface area contributed by atoms with Crippen LogP contribution in [0.2, 0.25) is 0 Å². The molecule has 2 aromatic carbocycles. The number of para-hydroxylation sites is 1. The van der Waals surface area contributed by atoms with Crippen molar-refractivity contribution in [3.8, 4) is 0 Å². The van der Waals surface area contributed by atoms with E-state index in [1.54, 1.807) is 12.1 Å². The van der Waals surface area contributed by atoms with Crippen molar-refractivity contribution < 1.29 is 23.1 Å². The van der Waals surface area contributed by atoms with Crippen molar-refractivity contribution in [1.82, 2.24) is 0 Å². The first-order valence-corrected chi connectivity index (χ1v) is 8.23. The van der Waals surface area contributed by atoms with Crippen LogP contribution < -0.4 is 4.31 Å². The van der Waals surface area contributed by atoms with Gasteiger partial charge in [-0.3, -0.25) is 8.86 Å². The smallest absolute Gasteiger partial charge is 0.328 e. The van der Waals surface area contributed by atoms with E-state index in [2.05, 4.69) is 0 Å². The van der Waals surface area contributed by atoms with Gasteiger partial charge >= 0.3 is 5.97 Å². The van der Waals surface area contributed by atoms with Gasteiger partial charge in [0, 0.05) is 10.8 Å². The van der Waals surface area contributed by atoms with E-state index in [1.165, 1.54) is 6.07 Å². The molecular formula is C15H12ClNO5S. The molecule has 0 aliphatic carbocycles. The number of benzene rings is 2. The van der Waals surface area contributed by atoms with Crippen LogP contribution in [0.4, 0.5) is 5.69 Å². The van der Waals surface area contributed by atoms with E-state index in [1.807, 2.05) is 24.3 Å². The molecule has 1 aromatic heterocycles. The summed E-state index contributed by atoms with van der Waals surface area (Å²) in [5.74, 6) is -1.61. The Morgan fingerprint density at radius 3 is 2.57 bits per heavy atom. The van der Waals surface area contributed by atoms with Gasteiger partial charge in [0.05, 0.1) is 11.6 Å². The monoisotopic (exact) mass is 353 g/mol. The van der Waals surface area contributed by atoms with Crippen LogP contribution in [0.1, 0.15) is 0 Å². The van der Waals surface area contributed by atoms with Crippen molar-refractivity contribution >= 4 is 56.5 Å². The van der Waals surface area contributed by atoms with E-state index in [9.17, 15) is 18.7 Å². The molecule has 8 heteroatoms. The van der Waals surface area contributed by atoms with Crippen LogP contribution in [0, 0.1) is 0 Å². The summed E-state index contributed by atoms with van der Waals surface area (Å²) in [5.41, 5.74) is 1.57. The molecule has 3 aromatic rings. The third-order valence-electron chi connectivity index (χ3n) is 3.50. The summed E-state index contributed by atoms with van der Waals surface area (Å²) in [6.45, 7) is 0. The van der Waals surface area contributed by atoms with Gasteiger partial charge in [-0.25, -0.2) is 9.00 Å². The van der Waals surface area contributed by atoms with Crippen molar-refractivity contribution in [3.05, 3.63) is 42.5 Å². The molecule has 1 heterocycles. The molecule has 2 N–H and O–H groups in total. The van der Waals surface area contributed by atoms with Crippen molar-refractivity contribution in [2.75, 3.05) is 10.2 Å². The van der Waals surface area contributed by atoms with Crippen LogP contribution >= 0.6 is 11.6 Å². The Kier molecular flexibility index (Phi) is 4.25. The van der Waals surface area contributed by atoms with Crippen molar-refractivity contribution in [2.45, 2.75) is 6.04 Å². The minimum atomic E-state index is -2.53. The number of furan rings is 1. The van der Waals surface area contributed by atoms with Crippen molar-refractivity contribution in [2.24, 2.45) is 0 Å². The second kappa shape index (κ2) is 6.19. The molecule has 0 fully saturated rings. The van der Waals surface area contributed by atoms with Gasteiger partial charge in [-0.1, -0.05) is 18.2 Å². The molecule has 3 rings (SSSR count). The third-order valence-corrected chi connectivity index (χ3v) is 4.59. The SMILES string of the molecule is O=C(O)C(CCl)N(c1ccc2oc3ccccc3c2c1)S(=O)O. The molecule has 23 heavy (non-hydrogen) atoms. The predicted molar refractivity (Wildman–Crippen MR) is 89.1 cm³/mol. The molecule has 0 saturated carbocycles. The summed E-state index contributed by atoms with van der Waals surface area (Å²) < 4.78 is 27.7. The number of carbonyl (C=O) groups is 1. The average molecular weight is 354 g/mol. The van der Waals surface area contributed by atoms with E-state index in [0.717, 1.165) is 15.1 Å². The Morgan fingerprint density at radius 1 is 1.22 bits per heavy atom. The van der Waals surface area contributed by atoms with E-state index in [4.69, 9.17) is 16.0 Å². The molecule has 0 aliphatic heterocycles. The lowest BCUT2D eigenvalue weighted by Crippen LogP contribution is -2.43. The zero-order valence-corrected chi connectivity index (χ0v) is 13.3. The van der Waals surface area contributed by atoms with Gasteiger partial charge in [0.2, 0.25) is 0 Å². The van der Waals surface area contributed by atoms with Gasteiger partial charge in [0.15, 0.2) is 6.04 Å². The summed E-state index contributed by atoms with van der Waals surface area (Å²) in [5, 5.41) is 10.8. The normalized spacial score (nSPS) is 14.0. The first kappa shape index (κ1) is 15.8. The maximum absolute atomic E-state index is 11.6. The highest BCUT2D eigenvalue weighted by molar-refractivity contribution is 7.80. The topological polar surface area (TPSA) is 91.0 Å². The molecule has 6 nitrogen and oxygen atoms in total. The van der Waals surface area contributed by atoms with Crippen molar-refractivity contribution in [1.29, 1.82) is 0 Å². The van der Waals surface area contributed by atoms with Crippen molar-refractivity contribution in [3.63, 3.8) is 0 Å². The fraction of sp³-hybridized carbons (Fsp3) is 0.133. The maximum Gasteiger partial charge on any atom is 0.328 e. The number of alkyl halides is 1. The highest BCUT2D eigenvalue weighted by Crippen LogP contribution is 2.32. The van der Waals surface area contributed by atoms with Gasteiger partial charge in [-0.2, -0.15) is 0 Å². The number of aliphatic carboxylic acids is 1. The predicted octanol–water partition coefficient (Wildman–Crippen LogP) is 3.22. The Bertz CT molecular complexity index is 909. The summed E-state index contributed by atoms with van der Waals surface area (Å²) in [4.78, 5) is 11.3. The third kappa shape index (κ3) is 2.78. The van der Waals surface area contributed by atoms with Crippen LogP contribution in [-0.2, 0) is 16.1 Å². The van der Waals surface area contributed by atoms with Crippen LogP contribution in [0.15, 0.2) is 46.9 Å². The lowest BCUT2D eigenvalue weighted by Gasteiger charge is -2.25. The van der Waals surface area contributed by atoms with E-state index in [0.29, 0.717) is 11.2 Å². The quantitative estimate of drug-likeness (QED) is 0.543. The van der Waals surface area contributed by atoms with Crippen LogP contribution in [0.25, 0.3) is 21.9 Å². The average Bonchev–Trinajstić information content (AvgIpc) is 2.89. The van der Waals surface area contributed by atoms with E-state index < -0.39 is 23.3 Å². The zero-order chi connectivity index (χ0) is 16.6. The fourth-order valence-electron chi connectivity index (χ4n) is 2.46. The molecule has 2 atom stereocenters. The molecule has 0 spiro atoms. The molecular weight excluding hydrogens is 342 g/mol. The van der Waals surface area contributed by atoms with Gasteiger partial charge in [0.1, 0.15) is 11.2 Å². The summed E-state index contributed by atoms with van der Waals surface area (Å²) in [7, 11) is 0. The Morgan fingerprint density at radius 2 is 1.91 bits per heavy atom. The standard InChI is InChI=1S/C15H12ClNO5S/c16-8-12(15(18)19)17(23(20)21)9-5-6-14-11(7-9)10-3-1-2-4-13(10)22-14/h1-7,12H,8H2,(H,18,19)(H,20,21). The van der Waals surface area contributed by atoms with Crippen LogP contribution in [-0.4, -0.2) is 31.8 Å². The minimum absolute atomic E-state index is 0.276. The van der Waals surface area contributed by atoms with Gasteiger partial charge in [-0.15, -0.1) is 11.6 Å². The molecule has 0 radical (unpaired) electrons. The molecule has 0 aliphatic rings. The van der Waals surface area contributed by atoms with E-state index >= 15 is 0 Å². The number of anilines is 1. The second-order valence-corrected chi connectivity index (χ2v) is 6.01. The fourth-order valence-corrected chi connectivity index (χ4v) is 3.49. The van der Waals surface area contributed by atoms with Gasteiger partial charge in [0.25, 0.3) is 11.3 Å².